The van der Waals surface area contributed by atoms with E-state index in [-0.39, 0.29) is 0 Å². The van der Waals surface area contributed by atoms with Crippen molar-refractivity contribution >= 4 is 28.8 Å². The number of thiophene rings is 1. The zero-order chi connectivity index (χ0) is 15.2. The van der Waals surface area contributed by atoms with Crippen molar-refractivity contribution in [3.8, 4) is 0 Å². The van der Waals surface area contributed by atoms with E-state index in [4.69, 9.17) is 0 Å². The number of para-hydroxylation sites is 1. The number of aryl methyl sites for hydroxylation is 2. The fourth-order valence-electron chi connectivity index (χ4n) is 2.02. The fraction of sp³-hybridized carbons (Fsp3) is 0.250. The molecule has 1 aromatic carbocycles. The van der Waals surface area contributed by atoms with Crippen LogP contribution in [0.2, 0.25) is 0 Å². The van der Waals surface area contributed by atoms with Crippen molar-refractivity contribution in [3.63, 3.8) is 0 Å². The first-order valence-corrected chi connectivity index (χ1v) is 7.68. The molecule has 21 heavy (non-hydrogen) atoms. The summed E-state index contributed by atoms with van der Waals surface area (Å²) in [6.45, 7) is 4.25. The van der Waals surface area contributed by atoms with E-state index in [1.807, 2.05) is 48.9 Å². The summed E-state index contributed by atoms with van der Waals surface area (Å²) in [4.78, 5) is 23.7. The van der Waals surface area contributed by atoms with E-state index in [1.54, 1.807) is 11.3 Å². The normalized spacial score (nSPS) is 10.2. The predicted molar refractivity (Wildman–Crippen MR) is 85.6 cm³/mol. The number of anilines is 1. The Morgan fingerprint density at radius 1 is 1.10 bits per heavy atom. The molecule has 2 amide bonds. The van der Waals surface area contributed by atoms with Crippen LogP contribution in [0.25, 0.3) is 0 Å². The maximum absolute atomic E-state index is 11.9. The molecular formula is C16H18N2O2S. The zero-order valence-electron chi connectivity index (χ0n) is 12.1. The van der Waals surface area contributed by atoms with Crippen molar-refractivity contribution in [1.82, 2.24) is 5.32 Å². The molecular weight excluding hydrogens is 284 g/mol. The Kier molecular flexibility index (Phi) is 5.11. The molecule has 0 aliphatic rings. The second-order valence-corrected chi connectivity index (χ2v) is 5.64. The number of carbonyl (C=O) groups excluding carboxylic acids is 2. The van der Waals surface area contributed by atoms with Gasteiger partial charge in [0.15, 0.2) is 0 Å². The fourth-order valence-corrected chi connectivity index (χ4v) is 2.72. The molecule has 2 rings (SSSR count). The molecule has 2 N–H and O–H groups in total. The topological polar surface area (TPSA) is 58.2 Å². The third-order valence-electron chi connectivity index (χ3n) is 3.21. The molecule has 0 bridgehead atoms. The maximum atomic E-state index is 11.9. The summed E-state index contributed by atoms with van der Waals surface area (Å²) in [7, 11) is 0. The number of hydrogen-bond acceptors (Lipinski definition) is 3. The van der Waals surface area contributed by atoms with Gasteiger partial charge >= 0.3 is 11.8 Å². The third kappa shape index (κ3) is 4.16. The van der Waals surface area contributed by atoms with Crippen molar-refractivity contribution in [3.05, 3.63) is 51.7 Å². The maximum Gasteiger partial charge on any atom is 0.313 e. The highest BCUT2D eigenvalue weighted by Crippen LogP contribution is 2.19. The van der Waals surface area contributed by atoms with Crippen LogP contribution in [0.5, 0.6) is 0 Å². The predicted octanol–water partition coefficient (Wildman–Crippen LogP) is 2.66. The third-order valence-corrected chi connectivity index (χ3v) is 3.94. The van der Waals surface area contributed by atoms with Crippen LogP contribution in [0.15, 0.2) is 35.0 Å². The van der Waals surface area contributed by atoms with Crippen molar-refractivity contribution in [2.75, 3.05) is 11.9 Å². The Bertz CT molecular complexity index is 615. The minimum absolute atomic E-state index is 0.454. The van der Waals surface area contributed by atoms with Gasteiger partial charge in [-0.3, -0.25) is 9.59 Å². The van der Waals surface area contributed by atoms with Gasteiger partial charge in [0.2, 0.25) is 0 Å². The molecule has 0 spiro atoms. The molecule has 0 fully saturated rings. The summed E-state index contributed by atoms with van der Waals surface area (Å²) in [5.74, 6) is -1.23. The van der Waals surface area contributed by atoms with Gasteiger partial charge in [0.1, 0.15) is 0 Å². The van der Waals surface area contributed by atoms with Crippen LogP contribution < -0.4 is 10.6 Å². The van der Waals surface area contributed by atoms with E-state index in [2.05, 4.69) is 10.6 Å². The van der Waals surface area contributed by atoms with Crippen LogP contribution in [-0.2, 0) is 16.0 Å². The standard InChI is InChI=1S/C16H18N2O2S/c1-11-4-3-5-12(2)14(11)18-16(20)15(19)17-8-6-13-7-9-21-10-13/h3-5,7,9-10H,6,8H2,1-2H3,(H,17,19)(H,18,20). The van der Waals surface area contributed by atoms with Gasteiger partial charge in [-0.2, -0.15) is 11.3 Å². The number of benzene rings is 1. The van der Waals surface area contributed by atoms with Gasteiger partial charge in [-0.25, -0.2) is 0 Å². The highest BCUT2D eigenvalue weighted by atomic mass is 32.1. The van der Waals surface area contributed by atoms with E-state index >= 15 is 0 Å². The Morgan fingerprint density at radius 3 is 2.43 bits per heavy atom. The molecule has 1 aromatic heterocycles. The first-order valence-electron chi connectivity index (χ1n) is 6.74. The van der Waals surface area contributed by atoms with Crippen LogP contribution in [0.3, 0.4) is 0 Å². The molecule has 2 aromatic rings. The Balaban J connectivity index is 1.86. The van der Waals surface area contributed by atoms with Crippen LogP contribution in [-0.4, -0.2) is 18.4 Å². The lowest BCUT2D eigenvalue weighted by molar-refractivity contribution is -0.136. The number of amides is 2. The Hall–Kier alpha value is -2.14. The monoisotopic (exact) mass is 302 g/mol. The number of hydrogen-bond donors (Lipinski definition) is 2. The van der Waals surface area contributed by atoms with E-state index in [0.717, 1.165) is 23.1 Å². The molecule has 0 aliphatic heterocycles. The average molecular weight is 302 g/mol. The van der Waals surface area contributed by atoms with Gasteiger partial charge in [0, 0.05) is 12.2 Å². The van der Waals surface area contributed by atoms with Crippen molar-refractivity contribution < 1.29 is 9.59 Å². The second-order valence-electron chi connectivity index (χ2n) is 4.86. The van der Waals surface area contributed by atoms with E-state index in [1.165, 1.54) is 0 Å². The molecule has 0 aliphatic carbocycles. The van der Waals surface area contributed by atoms with E-state index in [9.17, 15) is 9.59 Å². The first kappa shape index (κ1) is 15.3. The highest BCUT2D eigenvalue weighted by molar-refractivity contribution is 7.07. The van der Waals surface area contributed by atoms with Gasteiger partial charge in [-0.15, -0.1) is 0 Å². The Labute approximate surface area is 128 Å². The SMILES string of the molecule is Cc1cccc(C)c1NC(=O)C(=O)NCCc1ccsc1. The highest BCUT2D eigenvalue weighted by Gasteiger charge is 2.15. The quantitative estimate of drug-likeness (QED) is 0.853. The zero-order valence-corrected chi connectivity index (χ0v) is 12.9. The molecule has 4 nitrogen and oxygen atoms in total. The molecule has 0 atom stereocenters. The molecule has 0 saturated heterocycles. The number of nitrogens with one attached hydrogen (secondary N) is 2. The average Bonchev–Trinajstić information content (AvgIpc) is 2.96. The second kappa shape index (κ2) is 7.04. The Morgan fingerprint density at radius 2 is 1.81 bits per heavy atom. The molecule has 110 valence electrons. The van der Waals surface area contributed by atoms with Gasteiger partial charge in [-0.05, 0) is 53.8 Å². The van der Waals surface area contributed by atoms with Gasteiger partial charge in [0.25, 0.3) is 0 Å². The van der Waals surface area contributed by atoms with E-state index in [0.29, 0.717) is 12.2 Å². The molecule has 0 radical (unpaired) electrons. The summed E-state index contributed by atoms with van der Waals surface area (Å²) < 4.78 is 0. The van der Waals surface area contributed by atoms with E-state index < -0.39 is 11.8 Å². The largest absolute Gasteiger partial charge is 0.347 e. The molecule has 0 unspecified atom stereocenters. The summed E-state index contributed by atoms with van der Waals surface area (Å²) in [5.41, 5.74) is 3.75. The summed E-state index contributed by atoms with van der Waals surface area (Å²) in [6.07, 6.45) is 0.728. The van der Waals surface area contributed by atoms with Crippen LogP contribution in [0.4, 0.5) is 5.69 Å². The minimum Gasteiger partial charge on any atom is -0.347 e. The smallest absolute Gasteiger partial charge is 0.313 e. The molecule has 5 heteroatoms. The van der Waals surface area contributed by atoms with Crippen molar-refractivity contribution in [2.24, 2.45) is 0 Å². The first-order chi connectivity index (χ1) is 10.1. The minimum atomic E-state index is -0.627. The summed E-state index contributed by atoms with van der Waals surface area (Å²) in [6, 6.07) is 7.73. The number of rotatable bonds is 4. The van der Waals surface area contributed by atoms with Crippen LogP contribution in [0, 0.1) is 13.8 Å². The van der Waals surface area contributed by atoms with Crippen molar-refractivity contribution in [2.45, 2.75) is 20.3 Å². The van der Waals surface area contributed by atoms with Crippen LogP contribution in [0.1, 0.15) is 16.7 Å². The van der Waals surface area contributed by atoms with Gasteiger partial charge in [-0.1, -0.05) is 18.2 Å². The van der Waals surface area contributed by atoms with Crippen LogP contribution >= 0.6 is 11.3 Å². The summed E-state index contributed by atoms with van der Waals surface area (Å²) in [5, 5.41) is 9.33. The number of carbonyl (C=O) groups is 2. The lowest BCUT2D eigenvalue weighted by atomic mass is 10.1. The van der Waals surface area contributed by atoms with Gasteiger partial charge in [0.05, 0.1) is 0 Å². The molecule has 0 saturated carbocycles. The van der Waals surface area contributed by atoms with Crippen molar-refractivity contribution in [1.29, 1.82) is 0 Å². The molecule has 1 heterocycles. The summed E-state index contributed by atoms with van der Waals surface area (Å²) >= 11 is 1.62. The lowest BCUT2D eigenvalue weighted by Gasteiger charge is -2.11. The lowest BCUT2D eigenvalue weighted by Crippen LogP contribution is -2.36. The van der Waals surface area contributed by atoms with Gasteiger partial charge < -0.3 is 10.6 Å².